The summed E-state index contributed by atoms with van der Waals surface area (Å²) in [5.41, 5.74) is 14.8. The number of allylic oxidation sites excluding steroid dienone is 1. The van der Waals surface area contributed by atoms with Crippen LogP contribution < -0.4 is 4.74 Å². The van der Waals surface area contributed by atoms with E-state index in [1.807, 2.05) is 49.4 Å². The summed E-state index contributed by atoms with van der Waals surface area (Å²) >= 11 is 0. The van der Waals surface area contributed by atoms with Crippen LogP contribution in [0.25, 0.3) is 73.6 Å². The molecule has 2 heterocycles. The second-order valence-electron chi connectivity index (χ2n) is 15.4. The minimum Gasteiger partial charge on any atom is -0.457 e. The summed E-state index contributed by atoms with van der Waals surface area (Å²) in [7, 11) is 0. The fourth-order valence-corrected chi connectivity index (χ4v) is 9.39. The Bertz CT molecular complexity index is 3160. The Hall–Kier alpha value is -8.02. The molecule has 1 aliphatic carbocycles. The van der Waals surface area contributed by atoms with Crippen LogP contribution in [0.15, 0.2) is 199 Å². The monoisotopic (exact) mass is 782 g/mol. The predicted octanol–water partition coefficient (Wildman–Crippen LogP) is 14.0. The van der Waals surface area contributed by atoms with Crippen LogP contribution in [0.1, 0.15) is 34.7 Å². The molecule has 0 saturated carbocycles. The van der Waals surface area contributed by atoms with Crippen molar-refractivity contribution in [3.05, 3.63) is 222 Å². The summed E-state index contributed by atoms with van der Waals surface area (Å²) in [4.78, 5) is 20.4. The average molecular weight is 783 g/mol. The molecule has 11 rings (SSSR count). The molecule has 1 aromatic heterocycles. The fourth-order valence-electron chi connectivity index (χ4n) is 9.39. The van der Waals surface area contributed by atoms with E-state index in [0.29, 0.717) is 17.5 Å². The van der Waals surface area contributed by atoms with Gasteiger partial charge in [0.25, 0.3) is 0 Å². The van der Waals surface area contributed by atoms with Gasteiger partial charge in [-0.15, -0.1) is 0 Å². The van der Waals surface area contributed by atoms with Crippen molar-refractivity contribution in [1.29, 1.82) is 0 Å². The number of hydrogen-bond donors (Lipinski definition) is 0. The summed E-state index contributed by atoms with van der Waals surface area (Å²) in [6.45, 7) is 5.97. The maximum Gasteiger partial charge on any atom is 0.164 e. The van der Waals surface area contributed by atoms with Crippen molar-refractivity contribution in [2.24, 2.45) is 4.99 Å². The molecule has 5 nitrogen and oxygen atoms in total. The molecule has 0 amide bonds. The van der Waals surface area contributed by atoms with E-state index in [0.717, 1.165) is 95.1 Å². The van der Waals surface area contributed by atoms with Crippen LogP contribution in [0.3, 0.4) is 0 Å². The molecule has 0 N–H and O–H groups in total. The smallest absolute Gasteiger partial charge is 0.164 e. The Balaban J connectivity index is 1.23. The highest BCUT2D eigenvalue weighted by atomic mass is 16.5. The van der Waals surface area contributed by atoms with E-state index >= 15 is 0 Å². The third-order valence-corrected chi connectivity index (χ3v) is 12.0. The van der Waals surface area contributed by atoms with E-state index < -0.39 is 5.41 Å². The van der Waals surface area contributed by atoms with E-state index in [-0.39, 0.29) is 0 Å². The molecular formula is C56H38N4O. The van der Waals surface area contributed by atoms with Gasteiger partial charge in [0, 0.05) is 27.8 Å². The average Bonchev–Trinajstić information content (AvgIpc) is 3.63. The van der Waals surface area contributed by atoms with Gasteiger partial charge in [0.15, 0.2) is 17.5 Å². The first-order valence-electron chi connectivity index (χ1n) is 20.5. The van der Waals surface area contributed by atoms with Crippen molar-refractivity contribution in [1.82, 2.24) is 15.0 Å². The molecule has 0 radical (unpaired) electrons. The Kier molecular flexibility index (Phi) is 8.68. The van der Waals surface area contributed by atoms with Crippen molar-refractivity contribution >= 4 is 18.5 Å². The molecule has 5 heteroatoms. The summed E-state index contributed by atoms with van der Waals surface area (Å²) in [5.74, 6) is 3.46. The molecule has 0 saturated heterocycles. The molecule has 0 atom stereocenters. The highest BCUT2D eigenvalue weighted by molar-refractivity contribution is 6.02. The number of fused-ring (bicyclic) bond motifs is 9. The minimum atomic E-state index is -0.714. The number of nitrogens with zero attached hydrogens (tertiary/aromatic N) is 4. The van der Waals surface area contributed by atoms with Gasteiger partial charge in [-0.2, -0.15) is 0 Å². The number of para-hydroxylation sites is 2. The second kappa shape index (κ2) is 14.7. The van der Waals surface area contributed by atoms with E-state index in [2.05, 4.69) is 169 Å². The molecule has 1 aliphatic heterocycles. The molecule has 2 aliphatic rings. The van der Waals surface area contributed by atoms with Gasteiger partial charge in [0.1, 0.15) is 11.5 Å². The van der Waals surface area contributed by atoms with E-state index in [4.69, 9.17) is 19.7 Å². The van der Waals surface area contributed by atoms with E-state index in [1.54, 1.807) is 0 Å². The van der Waals surface area contributed by atoms with Gasteiger partial charge in [-0.25, -0.2) is 15.0 Å². The van der Waals surface area contributed by atoms with Crippen molar-refractivity contribution in [3.63, 3.8) is 0 Å². The fraction of sp³-hybridized carbons (Fsp3) is 0.0357. The zero-order chi connectivity index (χ0) is 40.9. The zero-order valence-electron chi connectivity index (χ0n) is 33.5. The summed E-state index contributed by atoms with van der Waals surface area (Å²) in [5, 5.41) is 0. The number of ether oxygens (including phenoxy) is 1. The lowest BCUT2D eigenvalue weighted by Crippen LogP contribution is -2.32. The molecular weight excluding hydrogens is 745 g/mol. The lowest BCUT2D eigenvalue weighted by Gasteiger charge is -2.39. The molecule has 288 valence electrons. The van der Waals surface area contributed by atoms with Crippen molar-refractivity contribution in [3.8, 4) is 79.0 Å². The molecule has 61 heavy (non-hydrogen) atoms. The Morgan fingerprint density at radius 1 is 0.459 bits per heavy atom. The van der Waals surface area contributed by atoms with Crippen LogP contribution >= 0.6 is 0 Å². The van der Waals surface area contributed by atoms with Gasteiger partial charge in [0.2, 0.25) is 0 Å². The first-order valence-corrected chi connectivity index (χ1v) is 20.5. The summed E-state index contributed by atoms with van der Waals surface area (Å²) < 4.78 is 6.70. The zero-order valence-corrected chi connectivity index (χ0v) is 33.5. The second-order valence-corrected chi connectivity index (χ2v) is 15.4. The van der Waals surface area contributed by atoms with Crippen molar-refractivity contribution in [2.45, 2.75) is 12.3 Å². The SMILES string of the molecule is C=Nc1cc(-c2cccc3c2-c2c(-c4nc(-c5ccccc5)nc(-c5cccc(-c6ccccc6)c5)n4)cccc2C32c3ccccc3Oc3ccccc32)ccc1/C=C\C. The molecule has 0 unspecified atom stereocenters. The number of aromatic nitrogens is 3. The standard InChI is InChI=1S/C56H38N4O/c1-3-17-37-32-33-40(35-48(37)57-2)42-24-15-28-46-51(42)52-43(25-16-29-47(52)56(46)44-26-10-12-30-49(44)61-50-31-13-11-27-45(50)56)55-59-53(38-20-8-5-9-21-38)58-54(60-55)41-23-14-22-39(34-41)36-18-6-4-7-19-36/h3-35H,2H2,1H3/b17-3-. The van der Waals surface area contributed by atoms with Crippen LogP contribution in [0, 0.1) is 0 Å². The third-order valence-electron chi connectivity index (χ3n) is 12.0. The minimum absolute atomic E-state index is 0.592. The Morgan fingerprint density at radius 2 is 0.984 bits per heavy atom. The van der Waals surface area contributed by atoms with Gasteiger partial charge >= 0.3 is 0 Å². The van der Waals surface area contributed by atoms with Crippen molar-refractivity contribution < 1.29 is 4.74 Å². The maximum atomic E-state index is 6.70. The highest BCUT2D eigenvalue weighted by Gasteiger charge is 2.52. The van der Waals surface area contributed by atoms with Crippen LogP contribution in [-0.4, -0.2) is 21.7 Å². The maximum absolute atomic E-state index is 6.70. The molecule has 8 aromatic carbocycles. The van der Waals surface area contributed by atoms with Gasteiger partial charge in [-0.05, 0) is 88.0 Å². The first kappa shape index (κ1) is 36.1. The molecule has 9 aromatic rings. The number of benzene rings is 8. The van der Waals surface area contributed by atoms with Crippen LogP contribution in [0.4, 0.5) is 5.69 Å². The summed E-state index contributed by atoms with van der Waals surface area (Å²) in [6.07, 6.45) is 4.10. The van der Waals surface area contributed by atoms with Crippen molar-refractivity contribution in [2.75, 3.05) is 0 Å². The quantitative estimate of drug-likeness (QED) is 0.151. The highest BCUT2D eigenvalue weighted by Crippen LogP contribution is 2.64. The Morgan fingerprint density at radius 3 is 1.66 bits per heavy atom. The van der Waals surface area contributed by atoms with Gasteiger partial charge < -0.3 is 4.74 Å². The van der Waals surface area contributed by atoms with Crippen LogP contribution in [-0.2, 0) is 5.41 Å². The lowest BCUT2D eigenvalue weighted by atomic mass is 9.66. The van der Waals surface area contributed by atoms with E-state index in [9.17, 15) is 0 Å². The molecule has 0 bridgehead atoms. The Labute approximate surface area is 355 Å². The number of hydrogen-bond acceptors (Lipinski definition) is 5. The molecule has 0 fully saturated rings. The topological polar surface area (TPSA) is 60.3 Å². The first-order chi connectivity index (χ1) is 30.1. The number of rotatable bonds is 7. The van der Waals surface area contributed by atoms with Gasteiger partial charge in [-0.1, -0.05) is 176 Å². The molecule has 1 spiro atoms. The van der Waals surface area contributed by atoms with Crippen LogP contribution in [0.5, 0.6) is 11.5 Å². The number of aliphatic imine (C=N–C) groups is 1. The third kappa shape index (κ3) is 5.77. The summed E-state index contributed by atoms with van der Waals surface area (Å²) in [6, 6.07) is 65.6. The van der Waals surface area contributed by atoms with Gasteiger partial charge in [-0.3, -0.25) is 4.99 Å². The predicted molar refractivity (Wildman–Crippen MR) is 248 cm³/mol. The van der Waals surface area contributed by atoms with Crippen LogP contribution in [0.2, 0.25) is 0 Å². The van der Waals surface area contributed by atoms with E-state index in [1.165, 1.54) is 0 Å². The normalized spacial score (nSPS) is 12.9. The largest absolute Gasteiger partial charge is 0.457 e. The lowest BCUT2D eigenvalue weighted by molar-refractivity contribution is 0.436. The van der Waals surface area contributed by atoms with Gasteiger partial charge in [0.05, 0.1) is 11.1 Å².